The largest absolute Gasteiger partial charge is 0.384 e. The summed E-state index contributed by atoms with van der Waals surface area (Å²) in [6, 6.07) is 4.02. The molecule has 3 rings (SSSR count). The number of pyridine rings is 1. The Labute approximate surface area is 135 Å². The number of ether oxygens (including phenoxy) is 1. The van der Waals surface area contributed by atoms with Gasteiger partial charge in [0.15, 0.2) is 0 Å². The smallest absolute Gasteiger partial charge is 0.259 e. The van der Waals surface area contributed by atoms with E-state index >= 15 is 0 Å². The summed E-state index contributed by atoms with van der Waals surface area (Å²) in [7, 11) is 1.70. The molecule has 2 atom stereocenters. The van der Waals surface area contributed by atoms with Gasteiger partial charge >= 0.3 is 0 Å². The summed E-state index contributed by atoms with van der Waals surface area (Å²) in [4.78, 5) is 18.8. The third-order valence-corrected chi connectivity index (χ3v) is 4.49. The van der Waals surface area contributed by atoms with E-state index in [1.807, 2.05) is 17.0 Å². The molecule has 1 amide bonds. The number of carbonyl (C=O) groups is 1. The molecule has 2 aromatic rings. The Morgan fingerprint density at radius 3 is 2.70 bits per heavy atom. The number of methoxy groups -OCH3 is 1. The van der Waals surface area contributed by atoms with Crippen LogP contribution in [0, 0.1) is 19.8 Å². The van der Waals surface area contributed by atoms with Gasteiger partial charge in [-0.1, -0.05) is 5.16 Å². The van der Waals surface area contributed by atoms with E-state index in [1.165, 1.54) is 5.56 Å². The van der Waals surface area contributed by atoms with E-state index < -0.39 is 0 Å². The van der Waals surface area contributed by atoms with Crippen LogP contribution < -0.4 is 0 Å². The van der Waals surface area contributed by atoms with Crippen molar-refractivity contribution in [1.29, 1.82) is 0 Å². The van der Waals surface area contributed by atoms with Crippen LogP contribution in [0.4, 0.5) is 0 Å². The average molecular weight is 315 g/mol. The Morgan fingerprint density at radius 2 is 2.09 bits per heavy atom. The number of rotatable bonds is 4. The molecular weight excluding hydrogens is 294 g/mol. The normalized spacial score (nSPS) is 20.9. The fourth-order valence-electron chi connectivity index (χ4n) is 3.35. The van der Waals surface area contributed by atoms with Crippen molar-refractivity contribution in [2.24, 2.45) is 5.92 Å². The number of hydrogen-bond acceptors (Lipinski definition) is 5. The van der Waals surface area contributed by atoms with E-state index in [-0.39, 0.29) is 17.7 Å². The molecule has 0 radical (unpaired) electrons. The van der Waals surface area contributed by atoms with Gasteiger partial charge in [-0.15, -0.1) is 0 Å². The molecule has 1 saturated heterocycles. The summed E-state index contributed by atoms with van der Waals surface area (Å²) in [6.45, 7) is 5.53. The molecule has 0 aliphatic carbocycles. The summed E-state index contributed by atoms with van der Waals surface area (Å²) in [5.41, 5.74) is 2.41. The Balaban J connectivity index is 1.84. The first-order chi connectivity index (χ1) is 11.1. The van der Waals surface area contributed by atoms with Crippen LogP contribution >= 0.6 is 0 Å². The molecule has 3 heterocycles. The fourth-order valence-corrected chi connectivity index (χ4v) is 3.35. The molecule has 0 unspecified atom stereocenters. The summed E-state index contributed by atoms with van der Waals surface area (Å²) in [5, 5.41) is 3.89. The maximum atomic E-state index is 12.8. The third-order valence-electron chi connectivity index (χ3n) is 4.49. The first-order valence-electron chi connectivity index (χ1n) is 7.72. The predicted molar refractivity (Wildman–Crippen MR) is 84.2 cm³/mol. The number of likely N-dealkylation sites (tertiary alicyclic amines) is 1. The van der Waals surface area contributed by atoms with Crippen molar-refractivity contribution in [3.63, 3.8) is 0 Å². The van der Waals surface area contributed by atoms with Crippen molar-refractivity contribution < 1.29 is 14.1 Å². The number of hydrogen-bond donors (Lipinski definition) is 0. The van der Waals surface area contributed by atoms with Gasteiger partial charge in [0, 0.05) is 44.4 Å². The Kier molecular flexibility index (Phi) is 4.43. The summed E-state index contributed by atoms with van der Waals surface area (Å²) in [6.07, 6.45) is 3.58. The lowest BCUT2D eigenvalue weighted by molar-refractivity contribution is 0.0773. The molecule has 0 spiro atoms. The van der Waals surface area contributed by atoms with Crippen molar-refractivity contribution >= 4 is 5.91 Å². The molecule has 0 saturated carbocycles. The highest BCUT2D eigenvalue weighted by atomic mass is 16.5. The second-order valence-corrected chi connectivity index (χ2v) is 6.01. The summed E-state index contributed by atoms with van der Waals surface area (Å²) in [5.74, 6) is 1.08. The van der Waals surface area contributed by atoms with Crippen LogP contribution in [0.15, 0.2) is 29.0 Å². The van der Waals surface area contributed by atoms with E-state index in [2.05, 4.69) is 10.1 Å². The lowest BCUT2D eigenvalue weighted by Gasteiger charge is -2.17. The van der Waals surface area contributed by atoms with Crippen LogP contribution in [0.3, 0.4) is 0 Å². The number of nitrogens with zero attached hydrogens (tertiary/aromatic N) is 3. The maximum absolute atomic E-state index is 12.8. The highest BCUT2D eigenvalue weighted by Gasteiger charge is 2.37. The zero-order valence-corrected chi connectivity index (χ0v) is 13.7. The standard InChI is InChI=1S/C17H21N3O3/c1-11-16(12(2)23-19-11)17(21)20-8-14(10-22-3)15(9-20)13-4-6-18-7-5-13/h4-7,14-15H,8-10H2,1-3H3/t14-,15-/m0/s1. The second kappa shape index (κ2) is 6.50. The quantitative estimate of drug-likeness (QED) is 0.865. The molecule has 6 heteroatoms. The molecule has 122 valence electrons. The minimum absolute atomic E-state index is 0.0149. The Hall–Kier alpha value is -2.21. The maximum Gasteiger partial charge on any atom is 0.259 e. The van der Waals surface area contributed by atoms with Crippen LogP contribution in [0.2, 0.25) is 0 Å². The van der Waals surface area contributed by atoms with Gasteiger partial charge in [0.2, 0.25) is 0 Å². The molecule has 0 N–H and O–H groups in total. The lowest BCUT2D eigenvalue weighted by atomic mass is 9.90. The molecular formula is C17H21N3O3. The molecule has 2 aromatic heterocycles. The van der Waals surface area contributed by atoms with Crippen molar-refractivity contribution in [1.82, 2.24) is 15.0 Å². The highest BCUT2D eigenvalue weighted by Crippen LogP contribution is 2.34. The van der Waals surface area contributed by atoms with Gasteiger partial charge in [0.25, 0.3) is 5.91 Å². The zero-order chi connectivity index (χ0) is 16.4. The van der Waals surface area contributed by atoms with Crippen molar-refractivity contribution in [3.05, 3.63) is 47.1 Å². The van der Waals surface area contributed by atoms with Gasteiger partial charge in [0.05, 0.1) is 12.3 Å². The van der Waals surface area contributed by atoms with E-state index in [0.29, 0.717) is 36.7 Å². The molecule has 1 fully saturated rings. The topological polar surface area (TPSA) is 68.5 Å². The van der Waals surface area contributed by atoms with Gasteiger partial charge in [-0.2, -0.15) is 0 Å². The summed E-state index contributed by atoms with van der Waals surface area (Å²) < 4.78 is 10.5. The number of carbonyl (C=O) groups excluding carboxylic acids is 1. The van der Waals surface area contributed by atoms with Crippen molar-refractivity contribution in [2.45, 2.75) is 19.8 Å². The van der Waals surface area contributed by atoms with E-state index in [9.17, 15) is 4.79 Å². The number of amides is 1. The van der Waals surface area contributed by atoms with Crippen molar-refractivity contribution in [3.8, 4) is 0 Å². The molecule has 0 aromatic carbocycles. The Morgan fingerprint density at radius 1 is 1.35 bits per heavy atom. The first kappa shape index (κ1) is 15.7. The fraction of sp³-hybridized carbons (Fsp3) is 0.471. The van der Waals surface area contributed by atoms with E-state index in [4.69, 9.17) is 9.26 Å². The van der Waals surface area contributed by atoms with Crippen molar-refractivity contribution in [2.75, 3.05) is 26.8 Å². The van der Waals surface area contributed by atoms with Crippen LogP contribution in [0.5, 0.6) is 0 Å². The predicted octanol–water partition coefficient (Wildman–Crippen LogP) is 2.19. The van der Waals surface area contributed by atoms with Crippen LogP contribution in [0.1, 0.15) is 33.3 Å². The average Bonchev–Trinajstić information content (AvgIpc) is 3.12. The van der Waals surface area contributed by atoms with Gasteiger partial charge in [-0.3, -0.25) is 9.78 Å². The number of aryl methyl sites for hydroxylation is 2. The minimum Gasteiger partial charge on any atom is -0.384 e. The summed E-state index contributed by atoms with van der Waals surface area (Å²) >= 11 is 0. The first-order valence-corrected chi connectivity index (χ1v) is 7.72. The number of aromatic nitrogens is 2. The van der Waals surface area contributed by atoms with Crippen LogP contribution in [-0.4, -0.2) is 47.8 Å². The third kappa shape index (κ3) is 2.99. The van der Waals surface area contributed by atoms with Gasteiger partial charge in [-0.25, -0.2) is 0 Å². The molecule has 0 bridgehead atoms. The zero-order valence-electron chi connectivity index (χ0n) is 13.7. The highest BCUT2D eigenvalue weighted by molar-refractivity contribution is 5.96. The van der Waals surface area contributed by atoms with Gasteiger partial charge < -0.3 is 14.2 Å². The monoisotopic (exact) mass is 315 g/mol. The molecule has 6 nitrogen and oxygen atoms in total. The SMILES string of the molecule is COC[C@@H]1CN(C(=O)c2c(C)noc2C)C[C@H]1c1ccncc1. The van der Waals surface area contributed by atoms with Gasteiger partial charge in [0.1, 0.15) is 11.3 Å². The molecule has 1 aliphatic heterocycles. The molecule has 23 heavy (non-hydrogen) atoms. The van der Waals surface area contributed by atoms with Crippen LogP contribution in [-0.2, 0) is 4.74 Å². The molecule has 1 aliphatic rings. The second-order valence-electron chi connectivity index (χ2n) is 6.01. The van der Waals surface area contributed by atoms with Crippen LogP contribution in [0.25, 0.3) is 0 Å². The minimum atomic E-state index is -0.0149. The Bertz CT molecular complexity index is 664. The lowest BCUT2D eigenvalue weighted by Crippen LogP contribution is -2.30. The van der Waals surface area contributed by atoms with Gasteiger partial charge in [-0.05, 0) is 31.5 Å². The van der Waals surface area contributed by atoms with E-state index in [0.717, 1.165) is 0 Å². The van der Waals surface area contributed by atoms with E-state index in [1.54, 1.807) is 33.4 Å².